The maximum atomic E-state index is 14.8. The second-order valence-corrected chi connectivity index (χ2v) is 20.0. The standard InChI is InChI=1S/C38H50N5O14PS3/c1-22-13-28-35(56-60(48)49)39-26-17-32(30(52-4)15-24(26)37(45)42(28)19-22)54-8-10-58(47,21-41(3)34(44)7-6-12-59)11-9-55-33-18-27-25(16-31(33)53-5)38(46)43-20-23(2)14-29(43)36(40-27)57-61(50)51/h15-18,28-29,35-36,39-40,59H,1-2,6-14,19-21H2,3-5H3,(H,48,49)(H,50,51)/t28-,29+,35?,36?,58?. The Labute approximate surface area is 364 Å². The Bertz CT molecular complexity index is 2030. The maximum Gasteiger partial charge on any atom is 0.304 e. The van der Waals surface area contributed by atoms with E-state index in [1.54, 1.807) is 7.05 Å². The van der Waals surface area contributed by atoms with Crippen LogP contribution in [-0.2, 0) is 40.4 Å². The first-order valence-corrected chi connectivity index (χ1v) is 24.2. The molecule has 61 heavy (non-hydrogen) atoms. The molecule has 7 atom stereocenters. The fraction of sp³-hybridized carbons (Fsp3) is 0.500. The zero-order chi connectivity index (χ0) is 44.2. The summed E-state index contributed by atoms with van der Waals surface area (Å²) in [4.78, 5) is 44.9. The van der Waals surface area contributed by atoms with Crippen LogP contribution in [-0.4, -0.2) is 146 Å². The molecule has 6 rings (SSSR count). The monoisotopic (exact) mass is 927 g/mol. The van der Waals surface area contributed by atoms with Crippen LogP contribution in [0.5, 0.6) is 23.0 Å². The van der Waals surface area contributed by atoms with Gasteiger partial charge in [0.1, 0.15) is 7.14 Å². The van der Waals surface area contributed by atoms with Gasteiger partial charge in [-0.15, -0.1) is 0 Å². The number of rotatable bonds is 19. The Kier molecular flexibility index (Phi) is 15.1. The van der Waals surface area contributed by atoms with Crippen molar-refractivity contribution in [3.63, 3.8) is 0 Å². The van der Waals surface area contributed by atoms with E-state index < -0.39 is 54.4 Å². The van der Waals surface area contributed by atoms with Crippen molar-refractivity contribution >= 4 is 71.6 Å². The van der Waals surface area contributed by atoms with Gasteiger partial charge in [-0.2, -0.15) is 21.0 Å². The largest absolute Gasteiger partial charge is 0.493 e. The molecule has 0 spiro atoms. The van der Waals surface area contributed by atoms with E-state index in [-0.39, 0.29) is 115 Å². The van der Waals surface area contributed by atoms with Crippen LogP contribution in [0.1, 0.15) is 46.4 Å². The van der Waals surface area contributed by atoms with Gasteiger partial charge < -0.3 is 48.8 Å². The Morgan fingerprint density at radius 2 is 1.28 bits per heavy atom. The van der Waals surface area contributed by atoms with Gasteiger partial charge in [0, 0.05) is 51.0 Å². The molecule has 0 bridgehead atoms. The molecule has 5 unspecified atom stereocenters. The second kappa shape index (κ2) is 19.9. The van der Waals surface area contributed by atoms with E-state index in [1.165, 1.54) is 53.2 Å². The van der Waals surface area contributed by atoms with Gasteiger partial charge in [0.25, 0.3) is 11.8 Å². The van der Waals surface area contributed by atoms with Crippen LogP contribution in [0.25, 0.3) is 0 Å². The maximum absolute atomic E-state index is 14.8. The van der Waals surface area contributed by atoms with Crippen molar-refractivity contribution in [3.8, 4) is 23.0 Å². The highest BCUT2D eigenvalue weighted by molar-refractivity contribution is 7.80. The van der Waals surface area contributed by atoms with Gasteiger partial charge in [0.05, 0.1) is 68.3 Å². The first kappa shape index (κ1) is 46.4. The number of benzene rings is 2. The topological polar surface area (TPSA) is 232 Å². The summed E-state index contributed by atoms with van der Waals surface area (Å²) in [6.45, 7) is 8.22. The van der Waals surface area contributed by atoms with Crippen LogP contribution in [0, 0.1) is 0 Å². The number of amides is 3. The van der Waals surface area contributed by atoms with Crippen LogP contribution in [0.3, 0.4) is 0 Å². The minimum absolute atomic E-state index is 0.0163. The van der Waals surface area contributed by atoms with Crippen LogP contribution in [0.15, 0.2) is 48.6 Å². The summed E-state index contributed by atoms with van der Waals surface area (Å²) in [5.41, 5.74) is 2.49. The molecule has 0 saturated carbocycles. The number of methoxy groups -OCH3 is 2. The fourth-order valence-corrected chi connectivity index (χ4v) is 11.0. The first-order valence-electron chi connectivity index (χ1n) is 19.2. The van der Waals surface area contributed by atoms with Gasteiger partial charge in [0.15, 0.2) is 35.5 Å². The highest BCUT2D eigenvalue weighted by atomic mass is 32.2. The third-order valence-corrected chi connectivity index (χ3v) is 14.8. The predicted molar refractivity (Wildman–Crippen MR) is 231 cm³/mol. The van der Waals surface area contributed by atoms with E-state index in [4.69, 9.17) is 27.3 Å². The summed E-state index contributed by atoms with van der Waals surface area (Å²) < 4.78 is 91.5. The molecule has 334 valence electrons. The molecule has 4 N–H and O–H groups in total. The fourth-order valence-electron chi connectivity index (χ4n) is 7.85. The Morgan fingerprint density at radius 3 is 1.67 bits per heavy atom. The van der Waals surface area contributed by atoms with Crippen LogP contribution < -0.4 is 29.6 Å². The molecule has 4 heterocycles. The molecule has 19 nitrogen and oxygen atoms in total. The number of thiol groups is 1. The van der Waals surface area contributed by atoms with Crippen molar-refractivity contribution in [1.29, 1.82) is 0 Å². The molecule has 2 aromatic carbocycles. The molecular formula is C38H50N5O14PS3. The SMILES string of the molecule is C=C1C[C@@H]2C(OS(=O)O)Nc3cc(OCCP(=O)(CCOc4cc5c(cc4OC)C(=O)N4CC(=C)C[C@H]4C(OS(=O)O)N5)CN(C)C(=O)CCCS)c(OC)cc3C(=O)N2C1. The molecule has 2 fully saturated rings. The molecule has 0 radical (unpaired) electrons. The molecule has 2 aromatic rings. The minimum Gasteiger partial charge on any atom is -0.493 e. The zero-order valence-corrected chi connectivity index (χ0v) is 37.3. The number of ether oxygens (including phenoxy) is 4. The van der Waals surface area contributed by atoms with Crippen molar-refractivity contribution in [3.05, 3.63) is 59.7 Å². The van der Waals surface area contributed by atoms with Crippen molar-refractivity contribution in [2.45, 2.75) is 50.2 Å². The predicted octanol–water partition coefficient (Wildman–Crippen LogP) is 4.00. The van der Waals surface area contributed by atoms with E-state index in [0.29, 0.717) is 25.0 Å². The lowest BCUT2D eigenvalue weighted by Gasteiger charge is -2.27. The average molecular weight is 928 g/mol. The summed E-state index contributed by atoms with van der Waals surface area (Å²) in [5.74, 6) is 0.345. The quantitative estimate of drug-likeness (QED) is 0.0580. The molecule has 0 aliphatic carbocycles. The molecule has 4 aliphatic heterocycles. The van der Waals surface area contributed by atoms with Gasteiger partial charge >= 0.3 is 22.7 Å². The number of hydrogen-bond donors (Lipinski definition) is 5. The summed E-state index contributed by atoms with van der Waals surface area (Å²) in [5, 5.41) is 6.12. The van der Waals surface area contributed by atoms with Gasteiger partial charge in [-0.3, -0.25) is 23.5 Å². The second-order valence-electron chi connectivity index (χ2n) is 15.0. The van der Waals surface area contributed by atoms with E-state index in [0.717, 1.165) is 11.1 Å². The number of nitrogens with one attached hydrogen (secondary N) is 2. The van der Waals surface area contributed by atoms with Gasteiger partial charge in [-0.1, -0.05) is 24.3 Å². The highest BCUT2D eigenvalue weighted by Crippen LogP contribution is 2.47. The summed E-state index contributed by atoms with van der Waals surface area (Å²) in [6, 6.07) is 4.80. The van der Waals surface area contributed by atoms with Crippen molar-refractivity contribution in [1.82, 2.24) is 14.7 Å². The number of nitrogens with zero attached hydrogens (tertiary/aromatic N) is 3. The number of carbonyl (C=O) groups is 3. The van der Waals surface area contributed by atoms with E-state index in [9.17, 15) is 36.5 Å². The van der Waals surface area contributed by atoms with Gasteiger partial charge in [-0.05, 0) is 37.1 Å². The van der Waals surface area contributed by atoms with E-state index in [2.05, 4.69) is 36.4 Å². The molecule has 2 saturated heterocycles. The molecule has 3 amide bonds. The lowest BCUT2D eigenvalue weighted by Crippen LogP contribution is -2.45. The van der Waals surface area contributed by atoms with Crippen molar-refractivity contribution in [2.75, 3.05) is 82.6 Å². The Balaban J connectivity index is 1.21. The summed E-state index contributed by atoms with van der Waals surface area (Å²) in [6.07, 6.45) is -0.781. The highest BCUT2D eigenvalue weighted by Gasteiger charge is 2.44. The molecule has 0 aromatic heterocycles. The van der Waals surface area contributed by atoms with Crippen molar-refractivity contribution in [2.24, 2.45) is 0 Å². The normalized spacial score (nSPS) is 22.6. The van der Waals surface area contributed by atoms with Crippen LogP contribution >= 0.6 is 19.8 Å². The average Bonchev–Trinajstić information content (AvgIpc) is 3.76. The Hall–Kier alpha value is -4.15. The lowest BCUT2D eigenvalue weighted by atomic mass is 10.1. The van der Waals surface area contributed by atoms with Crippen LogP contribution in [0.2, 0.25) is 0 Å². The number of hydrogen-bond acceptors (Lipinski definition) is 15. The molecular weight excluding hydrogens is 878 g/mol. The first-order chi connectivity index (χ1) is 29.0. The Morgan fingerprint density at radius 1 is 0.836 bits per heavy atom. The minimum atomic E-state index is -3.33. The third kappa shape index (κ3) is 10.7. The summed E-state index contributed by atoms with van der Waals surface area (Å²) in [7, 11) is 1.05. The number of carbonyl (C=O) groups excluding carboxylic acids is 3. The summed E-state index contributed by atoms with van der Waals surface area (Å²) >= 11 is -1.10. The lowest BCUT2D eigenvalue weighted by molar-refractivity contribution is -0.129. The smallest absolute Gasteiger partial charge is 0.304 e. The molecule has 23 heteroatoms. The van der Waals surface area contributed by atoms with E-state index in [1.807, 2.05) is 0 Å². The zero-order valence-electron chi connectivity index (χ0n) is 33.9. The van der Waals surface area contributed by atoms with Crippen LogP contribution in [0.4, 0.5) is 11.4 Å². The van der Waals surface area contributed by atoms with E-state index >= 15 is 0 Å². The van der Waals surface area contributed by atoms with Crippen molar-refractivity contribution < 1.29 is 63.8 Å². The molecule has 4 aliphatic rings. The third-order valence-electron chi connectivity index (χ3n) is 10.8. The van der Waals surface area contributed by atoms with Gasteiger partial charge in [0.2, 0.25) is 5.91 Å². The number of anilines is 2. The number of fused-ring (bicyclic) bond motifs is 4. The van der Waals surface area contributed by atoms with Gasteiger partial charge in [-0.25, -0.2) is 8.37 Å².